The fourth-order valence-electron chi connectivity index (χ4n) is 1.94. The van der Waals surface area contributed by atoms with Crippen molar-refractivity contribution in [2.75, 3.05) is 0 Å². The van der Waals surface area contributed by atoms with E-state index >= 15 is 0 Å². The maximum Gasteiger partial charge on any atom is 0.291 e. The molecular formula is C14H16Cl2N4O. The topological polar surface area (TPSA) is 70.7 Å². The van der Waals surface area contributed by atoms with Gasteiger partial charge >= 0.3 is 0 Å². The number of benzene rings is 1. The van der Waals surface area contributed by atoms with Crippen molar-refractivity contribution in [3.63, 3.8) is 0 Å². The van der Waals surface area contributed by atoms with Crippen molar-refractivity contribution in [2.24, 2.45) is 0 Å². The predicted molar refractivity (Wildman–Crippen MR) is 82.7 cm³/mol. The van der Waals surface area contributed by atoms with Gasteiger partial charge in [0.2, 0.25) is 5.82 Å². The zero-order valence-electron chi connectivity index (χ0n) is 11.8. The Hall–Kier alpha value is -1.59. The van der Waals surface area contributed by atoms with E-state index in [9.17, 15) is 4.79 Å². The Morgan fingerprint density at radius 1 is 1.43 bits per heavy atom. The van der Waals surface area contributed by atoms with Crippen molar-refractivity contribution in [2.45, 2.75) is 32.7 Å². The highest BCUT2D eigenvalue weighted by molar-refractivity contribution is 6.35. The van der Waals surface area contributed by atoms with Crippen molar-refractivity contribution in [1.29, 1.82) is 0 Å². The summed E-state index contributed by atoms with van der Waals surface area (Å²) in [5.41, 5.74) is 0.790. The van der Waals surface area contributed by atoms with Crippen LogP contribution in [0.4, 0.5) is 0 Å². The van der Waals surface area contributed by atoms with E-state index in [2.05, 4.69) is 20.5 Å². The summed E-state index contributed by atoms with van der Waals surface area (Å²) in [6.07, 6.45) is 1.70. The molecule has 1 heterocycles. The maximum absolute atomic E-state index is 12.1. The molecule has 7 heteroatoms. The molecule has 1 aromatic carbocycles. The number of aryl methyl sites for hydroxylation is 1. The van der Waals surface area contributed by atoms with Gasteiger partial charge in [0.05, 0.1) is 6.04 Å². The van der Waals surface area contributed by atoms with Crippen LogP contribution in [0.2, 0.25) is 10.0 Å². The van der Waals surface area contributed by atoms with Gasteiger partial charge in [-0.3, -0.25) is 9.89 Å². The molecule has 1 atom stereocenters. The number of halogens is 2. The van der Waals surface area contributed by atoms with Crippen LogP contribution in [0.3, 0.4) is 0 Å². The number of carbonyl (C=O) groups is 1. The first kappa shape index (κ1) is 15.8. The molecule has 2 rings (SSSR count). The molecule has 2 aromatic rings. The zero-order valence-corrected chi connectivity index (χ0v) is 13.3. The second kappa shape index (κ2) is 6.91. The minimum Gasteiger partial charge on any atom is -0.343 e. The number of aromatic nitrogens is 3. The number of hydrogen-bond donors (Lipinski definition) is 2. The first-order chi connectivity index (χ1) is 10.0. The molecule has 1 unspecified atom stereocenters. The molecule has 21 heavy (non-hydrogen) atoms. The van der Waals surface area contributed by atoms with E-state index in [0.29, 0.717) is 15.9 Å². The number of rotatable bonds is 5. The van der Waals surface area contributed by atoms with Crippen LogP contribution < -0.4 is 5.32 Å². The van der Waals surface area contributed by atoms with Gasteiger partial charge in [0.15, 0.2) is 0 Å². The van der Waals surface area contributed by atoms with Crippen molar-refractivity contribution >= 4 is 29.1 Å². The summed E-state index contributed by atoms with van der Waals surface area (Å²) in [4.78, 5) is 16.2. The van der Waals surface area contributed by atoms with E-state index in [-0.39, 0.29) is 17.8 Å². The van der Waals surface area contributed by atoms with Crippen LogP contribution in [-0.2, 0) is 6.42 Å². The van der Waals surface area contributed by atoms with Crippen LogP contribution in [0, 0.1) is 0 Å². The number of amides is 1. The predicted octanol–water partition coefficient (Wildman–Crippen LogP) is 3.56. The van der Waals surface area contributed by atoms with Crippen LogP contribution in [0.1, 0.15) is 48.3 Å². The van der Waals surface area contributed by atoms with Gasteiger partial charge in [0, 0.05) is 16.5 Å². The molecule has 0 radical (unpaired) electrons. The van der Waals surface area contributed by atoms with Gasteiger partial charge in [0.1, 0.15) is 5.82 Å². The Kier molecular flexibility index (Phi) is 5.20. The lowest BCUT2D eigenvalue weighted by molar-refractivity contribution is 0.0929. The zero-order chi connectivity index (χ0) is 15.4. The maximum atomic E-state index is 12.1. The highest BCUT2D eigenvalue weighted by atomic mass is 35.5. The first-order valence-electron chi connectivity index (χ1n) is 6.68. The lowest BCUT2D eigenvalue weighted by Gasteiger charge is -2.14. The summed E-state index contributed by atoms with van der Waals surface area (Å²) >= 11 is 12.0. The van der Waals surface area contributed by atoms with Crippen LogP contribution in [-0.4, -0.2) is 21.1 Å². The molecule has 0 bridgehead atoms. The molecule has 5 nitrogen and oxygen atoms in total. The largest absolute Gasteiger partial charge is 0.343 e. The van der Waals surface area contributed by atoms with Crippen LogP contribution >= 0.6 is 23.2 Å². The standard InChI is InChI=1S/C14H16Cl2N4O/c1-3-4-12-18-13(20-19-12)14(21)17-8(2)10-6-5-9(15)7-11(10)16/h5-8H,3-4H2,1-2H3,(H,17,21)(H,18,19,20). The van der Waals surface area contributed by atoms with Gasteiger partial charge in [0.25, 0.3) is 5.91 Å². The summed E-state index contributed by atoms with van der Waals surface area (Å²) in [5, 5.41) is 10.6. The lowest BCUT2D eigenvalue weighted by atomic mass is 10.1. The summed E-state index contributed by atoms with van der Waals surface area (Å²) < 4.78 is 0. The van der Waals surface area contributed by atoms with E-state index in [1.807, 2.05) is 13.8 Å². The molecule has 1 amide bonds. The molecular weight excluding hydrogens is 311 g/mol. The van der Waals surface area contributed by atoms with Gasteiger partial charge in [-0.2, -0.15) is 0 Å². The van der Waals surface area contributed by atoms with E-state index in [1.54, 1.807) is 18.2 Å². The van der Waals surface area contributed by atoms with E-state index in [1.165, 1.54) is 0 Å². The second-order valence-corrected chi connectivity index (χ2v) is 5.56. The van der Waals surface area contributed by atoms with Gasteiger partial charge in [-0.1, -0.05) is 36.2 Å². The Morgan fingerprint density at radius 3 is 2.86 bits per heavy atom. The van der Waals surface area contributed by atoms with Crippen LogP contribution in [0.15, 0.2) is 18.2 Å². The third-order valence-corrected chi connectivity index (χ3v) is 3.56. The second-order valence-electron chi connectivity index (χ2n) is 4.72. The summed E-state index contributed by atoms with van der Waals surface area (Å²) in [5.74, 6) is 0.502. The number of nitrogens with one attached hydrogen (secondary N) is 2. The van der Waals surface area contributed by atoms with Crippen molar-refractivity contribution in [3.05, 3.63) is 45.5 Å². The van der Waals surface area contributed by atoms with Gasteiger partial charge in [-0.25, -0.2) is 4.98 Å². The van der Waals surface area contributed by atoms with E-state index < -0.39 is 0 Å². The number of hydrogen-bond acceptors (Lipinski definition) is 3. The average molecular weight is 327 g/mol. The molecule has 0 aliphatic carbocycles. The molecule has 1 aromatic heterocycles. The minimum atomic E-state index is -0.341. The molecule has 2 N–H and O–H groups in total. The summed E-state index contributed by atoms with van der Waals surface area (Å²) in [6.45, 7) is 3.87. The number of aromatic amines is 1. The fourth-order valence-corrected chi connectivity index (χ4v) is 2.51. The van der Waals surface area contributed by atoms with Crippen LogP contribution in [0.5, 0.6) is 0 Å². The third-order valence-electron chi connectivity index (χ3n) is 3.00. The molecule has 112 valence electrons. The quantitative estimate of drug-likeness (QED) is 0.882. The van der Waals surface area contributed by atoms with E-state index in [4.69, 9.17) is 23.2 Å². The molecule has 0 aliphatic rings. The number of H-pyrrole nitrogens is 1. The highest BCUT2D eigenvalue weighted by Gasteiger charge is 2.17. The Bertz CT molecular complexity index is 642. The van der Waals surface area contributed by atoms with Crippen LogP contribution in [0.25, 0.3) is 0 Å². The minimum absolute atomic E-state index is 0.135. The SMILES string of the molecule is CCCc1nc(C(=O)NC(C)c2ccc(Cl)cc2Cl)n[nH]1. The first-order valence-corrected chi connectivity index (χ1v) is 7.44. The highest BCUT2D eigenvalue weighted by Crippen LogP contribution is 2.26. The van der Waals surface area contributed by atoms with Gasteiger partial charge in [-0.05, 0) is 31.0 Å². The molecule has 0 saturated carbocycles. The average Bonchev–Trinajstić information content (AvgIpc) is 2.87. The molecule has 0 aliphatic heterocycles. The van der Waals surface area contributed by atoms with E-state index in [0.717, 1.165) is 18.4 Å². The Morgan fingerprint density at radius 2 is 2.19 bits per heavy atom. The molecule has 0 fully saturated rings. The number of carbonyl (C=O) groups excluding carboxylic acids is 1. The normalized spacial score (nSPS) is 12.2. The van der Waals surface area contributed by atoms with Gasteiger partial charge in [-0.15, -0.1) is 5.10 Å². The monoisotopic (exact) mass is 326 g/mol. The Labute approximate surface area is 133 Å². The fraction of sp³-hybridized carbons (Fsp3) is 0.357. The summed E-state index contributed by atoms with van der Waals surface area (Å²) in [7, 11) is 0. The molecule has 0 saturated heterocycles. The third kappa shape index (κ3) is 3.95. The van der Waals surface area contributed by atoms with Crippen molar-refractivity contribution < 1.29 is 4.79 Å². The summed E-state index contributed by atoms with van der Waals surface area (Å²) in [6, 6.07) is 4.90. The smallest absolute Gasteiger partial charge is 0.291 e. The van der Waals surface area contributed by atoms with Gasteiger partial charge < -0.3 is 5.32 Å². The van der Waals surface area contributed by atoms with Crippen molar-refractivity contribution in [1.82, 2.24) is 20.5 Å². The lowest BCUT2D eigenvalue weighted by Crippen LogP contribution is -2.27. The van der Waals surface area contributed by atoms with Crippen molar-refractivity contribution in [3.8, 4) is 0 Å². The number of nitrogens with zero attached hydrogens (tertiary/aromatic N) is 2. The molecule has 0 spiro atoms. The Balaban J connectivity index is 2.07.